The fourth-order valence-electron chi connectivity index (χ4n) is 2.62. The molecule has 6 heteroatoms. The lowest BCUT2D eigenvalue weighted by molar-refractivity contribution is 0.143. The molecular weight excluding hydrogens is 280 g/mol. The van der Waals surface area contributed by atoms with E-state index >= 15 is 0 Å². The number of aromatic nitrogens is 2. The Kier molecular flexibility index (Phi) is 7.39. The molecule has 1 aromatic heterocycles. The second kappa shape index (κ2) is 9.58. The van der Waals surface area contributed by atoms with Crippen molar-refractivity contribution in [1.29, 1.82) is 0 Å². The topological polar surface area (TPSA) is 59.5 Å². The molecule has 0 radical (unpaired) electrons. The van der Waals surface area contributed by atoms with Gasteiger partial charge in [-0.1, -0.05) is 0 Å². The SMILES string of the molecule is COCCOc1cc(NCCCCN2CCCC2)nc(C)n1. The molecule has 22 heavy (non-hydrogen) atoms. The van der Waals surface area contributed by atoms with Gasteiger partial charge in [-0.05, 0) is 52.2 Å². The smallest absolute Gasteiger partial charge is 0.218 e. The van der Waals surface area contributed by atoms with Crippen LogP contribution >= 0.6 is 0 Å². The first-order valence-electron chi connectivity index (χ1n) is 8.21. The number of aryl methyl sites for hydroxylation is 1. The van der Waals surface area contributed by atoms with Gasteiger partial charge in [-0.2, -0.15) is 4.98 Å². The maximum Gasteiger partial charge on any atom is 0.218 e. The van der Waals surface area contributed by atoms with Crippen molar-refractivity contribution in [2.24, 2.45) is 0 Å². The summed E-state index contributed by atoms with van der Waals surface area (Å²) in [6, 6.07) is 1.85. The lowest BCUT2D eigenvalue weighted by Crippen LogP contribution is -2.21. The lowest BCUT2D eigenvalue weighted by atomic mass is 10.3. The summed E-state index contributed by atoms with van der Waals surface area (Å²) in [5.74, 6) is 2.15. The monoisotopic (exact) mass is 308 g/mol. The quantitative estimate of drug-likeness (QED) is 0.668. The summed E-state index contributed by atoms with van der Waals surface area (Å²) in [7, 11) is 1.66. The van der Waals surface area contributed by atoms with E-state index in [0.29, 0.717) is 19.1 Å². The van der Waals surface area contributed by atoms with Crippen molar-refractivity contribution < 1.29 is 9.47 Å². The van der Waals surface area contributed by atoms with Crippen molar-refractivity contribution >= 4 is 5.82 Å². The number of nitrogens with one attached hydrogen (secondary N) is 1. The zero-order chi connectivity index (χ0) is 15.6. The van der Waals surface area contributed by atoms with Crippen LogP contribution in [0.3, 0.4) is 0 Å². The van der Waals surface area contributed by atoms with Crippen LogP contribution in [0.1, 0.15) is 31.5 Å². The van der Waals surface area contributed by atoms with Gasteiger partial charge >= 0.3 is 0 Å². The van der Waals surface area contributed by atoms with Crippen LogP contribution in [0.5, 0.6) is 5.88 Å². The van der Waals surface area contributed by atoms with Crippen molar-refractivity contribution in [2.75, 3.05) is 51.8 Å². The van der Waals surface area contributed by atoms with Gasteiger partial charge < -0.3 is 19.7 Å². The Labute approximate surface area is 133 Å². The molecule has 1 fully saturated rings. The van der Waals surface area contributed by atoms with Crippen LogP contribution < -0.4 is 10.1 Å². The van der Waals surface area contributed by atoms with Gasteiger partial charge in [0.1, 0.15) is 18.2 Å². The zero-order valence-electron chi connectivity index (χ0n) is 13.8. The molecular formula is C16H28N4O2. The molecule has 1 aliphatic heterocycles. The third-order valence-electron chi connectivity index (χ3n) is 3.76. The number of likely N-dealkylation sites (tertiary alicyclic amines) is 1. The minimum absolute atomic E-state index is 0.502. The predicted molar refractivity (Wildman–Crippen MR) is 87.5 cm³/mol. The molecule has 1 aliphatic rings. The minimum Gasteiger partial charge on any atom is -0.475 e. The molecule has 1 aromatic rings. The largest absolute Gasteiger partial charge is 0.475 e. The molecule has 0 saturated carbocycles. The summed E-state index contributed by atoms with van der Waals surface area (Å²) in [5, 5.41) is 3.36. The highest BCUT2D eigenvalue weighted by atomic mass is 16.5. The van der Waals surface area contributed by atoms with E-state index in [2.05, 4.69) is 20.2 Å². The number of methoxy groups -OCH3 is 1. The fourth-order valence-corrected chi connectivity index (χ4v) is 2.62. The molecule has 0 bridgehead atoms. The van der Waals surface area contributed by atoms with Gasteiger partial charge in [0.2, 0.25) is 5.88 Å². The Hall–Kier alpha value is -1.40. The first-order chi connectivity index (χ1) is 10.8. The van der Waals surface area contributed by atoms with Crippen LogP contribution in [0.2, 0.25) is 0 Å². The van der Waals surface area contributed by atoms with E-state index in [0.717, 1.165) is 24.6 Å². The molecule has 6 nitrogen and oxygen atoms in total. The van der Waals surface area contributed by atoms with E-state index in [1.807, 2.05) is 13.0 Å². The molecule has 2 rings (SSSR count). The number of hydrogen-bond acceptors (Lipinski definition) is 6. The van der Waals surface area contributed by atoms with Crippen LogP contribution in [0.4, 0.5) is 5.82 Å². The predicted octanol–water partition coefficient (Wildman–Crippen LogP) is 2.10. The summed E-state index contributed by atoms with van der Waals surface area (Å²) < 4.78 is 10.5. The molecule has 2 heterocycles. The molecule has 0 spiro atoms. The molecule has 1 saturated heterocycles. The Morgan fingerprint density at radius 1 is 1.18 bits per heavy atom. The van der Waals surface area contributed by atoms with Crippen molar-refractivity contribution in [2.45, 2.75) is 32.6 Å². The summed E-state index contributed by atoms with van der Waals surface area (Å²) >= 11 is 0. The van der Waals surface area contributed by atoms with Gasteiger partial charge in [-0.25, -0.2) is 4.98 Å². The molecule has 0 aromatic carbocycles. The Balaban J connectivity index is 1.67. The van der Waals surface area contributed by atoms with E-state index in [1.165, 1.54) is 38.9 Å². The first kappa shape index (κ1) is 17.0. The number of ether oxygens (including phenoxy) is 2. The van der Waals surface area contributed by atoms with E-state index in [1.54, 1.807) is 7.11 Å². The van der Waals surface area contributed by atoms with Gasteiger partial charge in [0.25, 0.3) is 0 Å². The Morgan fingerprint density at radius 2 is 2.00 bits per heavy atom. The average molecular weight is 308 g/mol. The molecule has 0 amide bonds. The fraction of sp³-hybridized carbons (Fsp3) is 0.750. The number of unbranched alkanes of at least 4 members (excludes halogenated alkanes) is 1. The Morgan fingerprint density at radius 3 is 2.77 bits per heavy atom. The van der Waals surface area contributed by atoms with E-state index in [4.69, 9.17) is 9.47 Å². The molecule has 124 valence electrons. The molecule has 0 atom stereocenters. The maximum absolute atomic E-state index is 5.54. The third-order valence-corrected chi connectivity index (χ3v) is 3.76. The van der Waals surface area contributed by atoms with Gasteiger partial charge in [-0.15, -0.1) is 0 Å². The van der Waals surface area contributed by atoms with Crippen LogP contribution in [0.15, 0.2) is 6.07 Å². The molecule has 1 N–H and O–H groups in total. The Bertz CT molecular complexity index is 436. The highest BCUT2D eigenvalue weighted by molar-refractivity contribution is 5.38. The summed E-state index contributed by atoms with van der Waals surface area (Å²) in [4.78, 5) is 11.2. The summed E-state index contributed by atoms with van der Waals surface area (Å²) in [6.07, 6.45) is 5.11. The highest BCUT2D eigenvalue weighted by Crippen LogP contribution is 2.13. The van der Waals surface area contributed by atoms with Crippen LogP contribution in [-0.2, 0) is 4.74 Å². The van der Waals surface area contributed by atoms with E-state index < -0.39 is 0 Å². The number of rotatable bonds is 10. The van der Waals surface area contributed by atoms with Crippen molar-refractivity contribution in [3.63, 3.8) is 0 Å². The third kappa shape index (κ3) is 6.15. The van der Waals surface area contributed by atoms with Crippen molar-refractivity contribution in [1.82, 2.24) is 14.9 Å². The van der Waals surface area contributed by atoms with Crippen molar-refractivity contribution in [3.05, 3.63) is 11.9 Å². The van der Waals surface area contributed by atoms with Gasteiger partial charge in [-0.3, -0.25) is 0 Å². The van der Waals surface area contributed by atoms with Crippen molar-refractivity contribution in [3.8, 4) is 5.88 Å². The highest BCUT2D eigenvalue weighted by Gasteiger charge is 2.10. The van der Waals surface area contributed by atoms with Gasteiger partial charge in [0.05, 0.1) is 6.61 Å². The lowest BCUT2D eigenvalue weighted by Gasteiger charge is -2.14. The number of nitrogens with zero attached hydrogens (tertiary/aromatic N) is 3. The van der Waals surface area contributed by atoms with E-state index in [9.17, 15) is 0 Å². The normalized spacial score (nSPS) is 15.2. The van der Waals surface area contributed by atoms with Crippen LogP contribution in [0, 0.1) is 6.92 Å². The minimum atomic E-state index is 0.502. The second-order valence-electron chi connectivity index (χ2n) is 5.66. The maximum atomic E-state index is 5.54. The van der Waals surface area contributed by atoms with E-state index in [-0.39, 0.29) is 0 Å². The van der Waals surface area contributed by atoms with Gasteiger partial charge in [0, 0.05) is 19.7 Å². The zero-order valence-corrected chi connectivity index (χ0v) is 13.8. The summed E-state index contributed by atoms with van der Waals surface area (Å²) in [5.41, 5.74) is 0. The first-order valence-corrected chi connectivity index (χ1v) is 8.21. The number of anilines is 1. The number of hydrogen-bond donors (Lipinski definition) is 1. The van der Waals surface area contributed by atoms with Crippen LogP contribution in [-0.4, -0.2) is 61.4 Å². The van der Waals surface area contributed by atoms with Gasteiger partial charge in [0.15, 0.2) is 0 Å². The second-order valence-corrected chi connectivity index (χ2v) is 5.66. The molecule has 0 aliphatic carbocycles. The average Bonchev–Trinajstić information content (AvgIpc) is 3.00. The standard InChI is InChI=1S/C16H28N4O2/c1-14-18-15(13-16(19-14)22-12-11-21-2)17-7-3-4-8-20-9-5-6-10-20/h13H,3-12H2,1-2H3,(H,17,18,19). The molecule has 0 unspecified atom stereocenters. The van der Waals surface area contributed by atoms with Crippen LogP contribution in [0.25, 0.3) is 0 Å². The summed E-state index contributed by atoms with van der Waals surface area (Å²) in [6.45, 7) is 7.64.